The third-order valence-corrected chi connectivity index (χ3v) is 3.60. The topological polar surface area (TPSA) is 15.3 Å². The molecule has 1 aliphatic rings. The molecule has 96 valence electrons. The van der Waals surface area contributed by atoms with Crippen molar-refractivity contribution in [1.29, 1.82) is 0 Å². The molecule has 1 rings (SSSR count). The Morgan fingerprint density at radius 1 is 0.812 bits per heavy atom. The molecule has 1 aliphatic heterocycles. The Hall–Kier alpha value is -0.0800. The molecule has 0 aromatic carbocycles. The molecule has 0 spiro atoms. The van der Waals surface area contributed by atoms with Gasteiger partial charge in [0.2, 0.25) is 0 Å². The molecule has 0 saturated carbocycles. The van der Waals surface area contributed by atoms with E-state index in [4.69, 9.17) is 0 Å². The normalized spacial score (nSPS) is 19.3. The molecule has 0 unspecified atom stereocenters. The van der Waals surface area contributed by atoms with E-state index in [-0.39, 0.29) is 0 Å². The van der Waals surface area contributed by atoms with Crippen molar-refractivity contribution in [1.82, 2.24) is 10.2 Å². The maximum Gasteiger partial charge on any atom is -0.00187 e. The maximum absolute atomic E-state index is 3.21. The first kappa shape index (κ1) is 14.0. The van der Waals surface area contributed by atoms with E-state index in [0.29, 0.717) is 0 Å². The lowest BCUT2D eigenvalue weighted by Crippen LogP contribution is -2.28. The fraction of sp³-hybridized carbons (Fsp3) is 1.00. The lowest BCUT2D eigenvalue weighted by Gasteiger charge is -2.24. The quantitative estimate of drug-likeness (QED) is 0.671. The Labute approximate surface area is 102 Å². The molecule has 16 heavy (non-hydrogen) atoms. The predicted octanol–water partition coefficient (Wildman–Crippen LogP) is 3.03. The first-order valence-corrected chi connectivity index (χ1v) is 7.30. The van der Waals surface area contributed by atoms with Crippen LogP contribution in [0.5, 0.6) is 0 Å². The highest BCUT2D eigenvalue weighted by Crippen LogP contribution is 2.11. The molecule has 0 bridgehead atoms. The molecule has 0 aromatic rings. The summed E-state index contributed by atoms with van der Waals surface area (Å²) in [6.07, 6.45) is 12.8. The van der Waals surface area contributed by atoms with Crippen LogP contribution in [0.15, 0.2) is 0 Å². The van der Waals surface area contributed by atoms with Crippen LogP contribution in [0, 0.1) is 0 Å². The zero-order valence-electron chi connectivity index (χ0n) is 11.1. The molecule has 1 heterocycles. The molecule has 1 saturated heterocycles. The second kappa shape index (κ2) is 10.1. The van der Waals surface area contributed by atoms with Gasteiger partial charge >= 0.3 is 0 Å². The molecule has 0 amide bonds. The second-order valence-corrected chi connectivity index (χ2v) is 5.13. The third kappa shape index (κ3) is 7.24. The van der Waals surface area contributed by atoms with Gasteiger partial charge in [-0.15, -0.1) is 0 Å². The second-order valence-electron chi connectivity index (χ2n) is 5.13. The van der Waals surface area contributed by atoms with E-state index >= 15 is 0 Å². The van der Waals surface area contributed by atoms with Crippen molar-refractivity contribution >= 4 is 0 Å². The van der Waals surface area contributed by atoms with E-state index in [0.717, 1.165) is 0 Å². The highest BCUT2D eigenvalue weighted by atomic mass is 15.1. The van der Waals surface area contributed by atoms with Gasteiger partial charge in [-0.1, -0.05) is 32.1 Å². The average molecular weight is 226 g/mol. The lowest BCUT2D eigenvalue weighted by atomic mass is 10.1. The van der Waals surface area contributed by atoms with Gasteiger partial charge in [-0.3, -0.25) is 0 Å². The summed E-state index contributed by atoms with van der Waals surface area (Å²) in [6, 6.07) is 0. The smallest absolute Gasteiger partial charge is 0.00187 e. The van der Waals surface area contributed by atoms with E-state index < -0.39 is 0 Å². The van der Waals surface area contributed by atoms with Gasteiger partial charge in [0.25, 0.3) is 0 Å². The number of hydrogen-bond donors (Lipinski definition) is 1. The van der Waals surface area contributed by atoms with Crippen LogP contribution < -0.4 is 5.32 Å². The number of nitrogens with zero attached hydrogens (tertiary/aromatic N) is 1. The van der Waals surface area contributed by atoms with E-state index in [1.807, 2.05) is 7.05 Å². The van der Waals surface area contributed by atoms with Crippen molar-refractivity contribution in [3.05, 3.63) is 0 Å². The first-order valence-electron chi connectivity index (χ1n) is 7.30. The predicted molar refractivity (Wildman–Crippen MR) is 71.9 cm³/mol. The molecule has 2 nitrogen and oxygen atoms in total. The van der Waals surface area contributed by atoms with Gasteiger partial charge in [0.05, 0.1) is 0 Å². The minimum Gasteiger partial charge on any atom is -0.320 e. The van der Waals surface area contributed by atoms with Crippen LogP contribution in [0.3, 0.4) is 0 Å². The molecule has 2 heteroatoms. The summed E-state index contributed by atoms with van der Waals surface area (Å²) in [4.78, 5) is 2.69. The van der Waals surface area contributed by atoms with Gasteiger partial charge in [0.15, 0.2) is 0 Å². The van der Waals surface area contributed by atoms with E-state index in [9.17, 15) is 0 Å². The molecule has 0 radical (unpaired) electrons. The zero-order chi connectivity index (χ0) is 11.5. The number of hydrogen-bond acceptors (Lipinski definition) is 2. The summed E-state index contributed by atoms with van der Waals surface area (Å²) in [5.74, 6) is 0. The molecular formula is C14H30N2. The Kier molecular flexibility index (Phi) is 8.83. The Bertz CT molecular complexity index is 140. The van der Waals surface area contributed by atoms with Crippen LogP contribution in [0.2, 0.25) is 0 Å². The van der Waals surface area contributed by atoms with Crippen molar-refractivity contribution in [2.45, 2.75) is 57.8 Å². The van der Waals surface area contributed by atoms with Gasteiger partial charge < -0.3 is 10.2 Å². The summed E-state index contributed by atoms with van der Waals surface area (Å²) < 4.78 is 0. The van der Waals surface area contributed by atoms with Crippen molar-refractivity contribution in [2.75, 3.05) is 33.2 Å². The van der Waals surface area contributed by atoms with Crippen molar-refractivity contribution < 1.29 is 0 Å². The third-order valence-electron chi connectivity index (χ3n) is 3.60. The highest BCUT2D eigenvalue weighted by molar-refractivity contribution is 4.62. The summed E-state index contributed by atoms with van der Waals surface area (Å²) in [5, 5.41) is 3.21. The highest BCUT2D eigenvalue weighted by Gasteiger charge is 2.06. The van der Waals surface area contributed by atoms with Gasteiger partial charge in [-0.25, -0.2) is 0 Å². The van der Waals surface area contributed by atoms with Gasteiger partial charge in [0, 0.05) is 0 Å². The average Bonchev–Trinajstić information content (AvgIpc) is 2.25. The monoisotopic (exact) mass is 226 g/mol. The number of likely N-dealkylation sites (tertiary alicyclic amines) is 1. The Morgan fingerprint density at radius 3 is 2.12 bits per heavy atom. The first-order chi connectivity index (χ1) is 7.93. The van der Waals surface area contributed by atoms with Crippen LogP contribution in [0.4, 0.5) is 0 Å². The summed E-state index contributed by atoms with van der Waals surface area (Å²) in [6.45, 7) is 5.25. The molecule has 0 aliphatic carbocycles. The largest absolute Gasteiger partial charge is 0.320 e. The van der Waals surface area contributed by atoms with Gasteiger partial charge in [0.1, 0.15) is 0 Å². The number of nitrogens with one attached hydrogen (secondary N) is 1. The Balaban J connectivity index is 1.93. The van der Waals surface area contributed by atoms with Crippen LogP contribution in [0.25, 0.3) is 0 Å². The SMILES string of the molecule is CNCCCCCCN1CCCCCCC1. The molecule has 1 N–H and O–H groups in total. The summed E-state index contributed by atoms with van der Waals surface area (Å²) in [5.41, 5.74) is 0. The van der Waals surface area contributed by atoms with Gasteiger partial charge in [-0.05, 0) is 58.9 Å². The lowest BCUT2D eigenvalue weighted by molar-refractivity contribution is 0.242. The van der Waals surface area contributed by atoms with E-state index in [1.54, 1.807) is 0 Å². The number of rotatable bonds is 7. The van der Waals surface area contributed by atoms with Crippen molar-refractivity contribution in [3.8, 4) is 0 Å². The number of unbranched alkanes of at least 4 members (excludes halogenated alkanes) is 3. The molecule has 1 fully saturated rings. The maximum atomic E-state index is 3.21. The Morgan fingerprint density at radius 2 is 1.44 bits per heavy atom. The van der Waals surface area contributed by atoms with Gasteiger partial charge in [-0.2, -0.15) is 0 Å². The van der Waals surface area contributed by atoms with E-state index in [2.05, 4.69) is 10.2 Å². The van der Waals surface area contributed by atoms with Crippen molar-refractivity contribution in [2.24, 2.45) is 0 Å². The minimum atomic E-state index is 1.18. The zero-order valence-corrected chi connectivity index (χ0v) is 11.1. The standard InChI is InChI=1S/C14H30N2/c1-15-11-7-3-6-10-14-16-12-8-4-2-5-9-13-16/h15H,2-14H2,1H3. The summed E-state index contributed by atoms with van der Waals surface area (Å²) >= 11 is 0. The molecule has 0 atom stereocenters. The van der Waals surface area contributed by atoms with Crippen LogP contribution in [-0.4, -0.2) is 38.1 Å². The van der Waals surface area contributed by atoms with E-state index in [1.165, 1.54) is 84.0 Å². The van der Waals surface area contributed by atoms with Crippen LogP contribution in [-0.2, 0) is 0 Å². The summed E-state index contributed by atoms with van der Waals surface area (Å²) in [7, 11) is 2.04. The van der Waals surface area contributed by atoms with Crippen LogP contribution in [0.1, 0.15) is 57.8 Å². The molecular weight excluding hydrogens is 196 g/mol. The molecule has 0 aromatic heterocycles. The van der Waals surface area contributed by atoms with Crippen molar-refractivity contribution in [3.63, 3.8) is 0 Å². The minimum absolute atomic E-state index is 1.18. The van der Waals surface area contributed by atoms with Crippen LogP contribution >= 0.6 is 0 Å². The fourth-order valence-corrected chi connectivity index (χ4v) is 2.53. The fourth-order valence-electron chi connectivity index (χ4n) is 2.53.